The average molecular weight is 267 g/mol. The molecule has 1 heterocycles. The summed E-state index contributed by atoms with van der Waals surface area (Å²) in [5.41, 5.74) is 2.73. The minimum absolute atomic E-state index is 0.302. The van der Waals surface area contributed by atoms with Crippen molar-refractivity contribution in [3.63, 3.8) is 0 Å². The third kappa shape index (κ3) is 2.28. The van der Waals surface area contributed by atoms with Crippen LogP contribution in [-0.2, 0) is 0 Å². The predicted octanol–water partition coefficient (Wildman–Crippen LogP) is 3.76. The molecule has 0 radical (unpaired) electrons. The van der Waals surface area contributed by atoms with Crippen LogP contribution in [0.4, 0.5) is 4.39 Å². The molecule has 2 nitrogen and oxygen atoms in total. The van der Waals surface area contributed by atoms with Crippen LogP contribution in [0.1, 0.15) is 22.8 Å². The Morgan fingerprint density at radius 1 is 1.05 bits per heavy atom. The van der Waals surface area contributed by atoms with Gasteiger partial charge in [0, 0.05) is 11.6 Å². The smallest absolute Gasteiger partial charge is 0.126 e. The van der Waals surface area contributed by atoms with Gasteiger partial charge in [0.05, 0.1) is 5.52 Å². The van der Waals surface area contributed by atoms with Gasteiger partial charge in [-0.25, -0.2) is 4.39 Å². The van der Waals surface area contributed by atoms with Gasteiger partial charge in [-0.15, -0.1) is 0 Å². The Balaban J connectivity index is 2.02. The van der Waals surface area contributed by atoms with Crippen LogP contribution in [0, 0.1) is 12.7 Å². The molecule has 0 amide bonds. The number of aryl methyl sites for hydroxylation is 1. The highest BCUT2D eigenvalue weighted by atomic mass is 19.1. The second-order valence-electron chi connectivity index (χ2n) is 4.87. The summed E-state index contributed by atoms with van der Waals surface area (Å²) < 4.78 is 13.6. The Labute approximate surface area is 116 Å². The van der Waals surface area contributed by atoms with Crippen molar-refractivity contribution < 1.29 is 9.50 Å². The van der Waals surface area contributed by atoms with Crippen molar-refractivity contribution in [2.75, 3.05) is 0 Å². The van der Waals surface area contributed by atoms with Gasteiger partial charge in [-0.05, 0) is 47.9 Å². The van der Waals surface area contributed by atoms with Crippen molar-refractivity contribution in [2.24, 2.45) is 0 Å². The van der Waals surface area contributed by atoms with E-state index >= 15 is 0 Å². The average Bonchev–Trinajstić information content (AvgIpc) is 2.49. The van der Waals surface area contributed by atoms with Crippen LogP contribution < -0.4 is 0 Å². The number of nitrogens with zero attached hydrogens (tertiary/aromatic N) is 1. The lowest BCUT2D eigenvalue weighted by Gasteiger charge is -2.13. The van der Waals surface area contributed by atoms with Gasteiger partial charge < -0.3 is 5.11 Å². The highest BCUT2D eigenvalue weighted by molar-refractivity contribution is 5.79. The maximum Gasteiger partial charge on any atom is 0.126 e. The third-order valence-electron chi connectivity index (χ3n) is 3.45. The molecule has 1 aromatic heterocycles. The lowest BCUT2D eigenvalue weighted by molar-refractivity contribution is 0.220. The topological polar surface area (TPSA) is 33.1 Å². The second-order valence-corrected chi connectivity index (χ2v) is 4.87. The summed E-state index contributed by atoms with van der Waals surface area (Å²) in [6.45, 7) is 1.70. The van der Waals surface area contributed by atoms with E-state index in [9.17, 15) is 9.50 Å². The molecule has 0 aliphatic carbocycles. The number of benzene rings is 2. The standard InChI is InChI=1S/C17H14FNO/c1-11-4-5-14(10-15(11)18)17(20)13-6-7-16-12(9-13)3-2-8-19-16/h2-10,17,20H,1H3. The first-order valence-corrected chi connectivity index (χ1v) is 6.44. The Kier molecular flexibility index (Phi) is 3.20. The van der Waals surface area contributed by atoms with E-state index in [4.69, 9.17) is 0 Å². The van der Waals surface area contributed by atoms with E-state index in [0.717, 1.165) is 16.5 Å². The molecule has 1 atom stereocenters. The summed E-state index contributed by atoms with van der Waals surface area (Å²) in [6, 6.07) is 14.2. The fourth-order valence-electron chi connectivity index (χ4n) is 2.24. The highest BCUT2D eigenvalue weighted by Gasteiger charge is 2.12. The Bertz CT molecular complexity index is 770. The van der Waals surface area contributed by atoms with E-state index in [1.807, 2.05) is 30.3 Å². The van der Waals surface area contributed by atoms with E-state index < -0.39 is 6.10 Å². The van der Waals surface area contributed by atoms with Crippen molar-refractivity contribution >= 4 is 10.9 Å². The summed E-state index contributed by atoms with van der Waals surface area (Å²) in [6.07, 6.45) is 0.892. The largest absolute Gasteiger partial charge is 0.384 e. The van der Waals surface area contributed by atoms with E-state index in [0.29, 0.717) is 11.1 Å². The number of rotatable bonds is 2. The van der Waals surface area contributed by atoms with Crippen LogP contribution in [0.3, 0.4) is 0 Å². The molecule has 0 spiro atoms. The molecule has 0 aliphatic rings. The van der Waals surface area contributed by atoms with E-state index in [2.05, 4.69) is 4.98 Å². The Morgan fingerprint density at radius 2 is 1.80 bits per heavy atom. The van der Waals surface area contributed by atoms with Gasteiger partial charge in [-0.3, -0.25) is 4.98 Å². The summed E-state index contributed by atoms with van der Waals surface area (Å²) in [4.78, 5) is 4.24. The summed E-state index contributed by atoms with van der Waals surface area (Å²) in [5.74, 6) is -0.302. The van der Waals surface area contributed by atoms with E-state index in [-0.39, 0.29) is 5.82 Å². The van der Waals surface area contributed by atoms with Crippen molar-refractivity contribution in [1.29, 1.82) is 0 Å². The molecule has 2 aromatic carbocycles. The first-order valence-electron chi connectivity index (χ1n) is 6.44. The number of aliphatic hydroxyl groups is 1. The van der Waals surface area contributed by atoms with Gasteiger partial charge in [0.25, 0.3) is 0 Å². The van der Waals surface area contributed by atoms with Crippen LogP contribution in [0.15, 0.2) is 54.7 Å². The summed E-state index contributed by atoms with van der Waals surface area (Å²) >= 11 is 0. The Hall–Kier alpha value is -2.26. The molecule has 0 saturated carbocycles. The number of aromatic nitrogens is 1. The number of hydrogen-bond acceptors (Lipinski definition) is 2. The number of halogens is 1. The molecule has 0 bridgehead atoms. The lowest BCUT2D eigenvalue weighted by atomic mass is 9.99. The van der Waals surface area contributed by atoms with Gasteiger partial charge in [0.15, 0.2) is 0 Å². The van der Waals surface area contributed by atoms with Crippen LogP contribution in [0.25, 0.3) is 10.9 Å². The zero-order valence-electron chi connectivity index (χ0n) is 11.0. The minimum Gasteiger partial charge on any atom is -0.384 e. The number of pyridine rings is 1. The highest BCUT2D eigenvalue weighted by Crippen LogP contribution is 2.25. The van der Waals surface area contributed by atoms with Crippen molar-refractivity contribution in [1.82, 2.24) is 4.98 Å². The first-order chi connectivity index (χ1) is 9.65. The van der Waals surface area contributed by atoms with Gasteiger partial charge >= 0.3 is 0 Å². The molecular weight excluding hydrogens is 253 g/mol. The first kappa shape index (κ1) is 12.8. The van der Waals surface area contributed by atoms with Crippen molar-refractivity contribution in [2.45, 2.75) is 13.0 Å². The van der Waals surface area contributed by atoms with Crippen LogP contribution in [-0.4, -0.2) is 10.1 Å². The second kappa shape index (κ2) is 5.02. The zero-order valence-corrected chi connectivity index (χ0v) is 11.0. The monoisotopic (exact) mass is 267 g/mol. The third-order valence-corrected chi connectivity index (χ3v) is 3.45. The maximum absolute atomic E-state index is 13.6. The van der Waals surface area contributed by atoms with Crippen LogP contribution in [0.5, 0.6) is 0 Å². The quantitative estimate of drug-likeness (QED) is 0.766. The molecule has 100 valence electrons. The molecule has 1 unspecified atom stereocenters. The van der Waals surface area contributed by atoms with Gasteiger partial charge in [0.2, 0.25) is 0 Å². The van der Waals surface area contributed by atoms with Gasteiger partial charge in [0.1, 0.15) is 11.9 Å². The maximum atomic E-state index is 13.6. The zero-order chi connectivity index (χ0) is 14.1. The molecule has 0 saturated heterocycles. The molecular formula is C17H14FNO. The number of aliphatic hydroxyl groups excluding tert-OH is 1. The van der Waals surface area contributed by atoms with E-state index in [1.54, 1.807) is 25.3 Å². The Morgan fingerprint density at radius 3 is 2.60 bits per heavy atom. The molecule has 20 heavy (non-hydrogen) atoms. The summed E-state index contributed by atoms with van der Waals surface area (Å²) in [5, 5.41) is 11.3. The van der Waals surface area contributed by atoms with Crippen LogP contribution in [0.2, 0.25) is 0 Å². The molecule has 0 fully saturated rings. The number of hydrogen-bond donors (Lipinski definition) is 1. The molecule has 3 rings (SSSR count). The van der Waals surface area contributed by atoms with Gasteiger partial charge in [-0.1, -0.05) is 24.3 Å². The predicted molar refractivity (Wildman–Crippen MR) is 76.9 cm³/mol. The molecule has 3 aromatic rings. The van der Waals surface area contributed by atoms with E-state index in [1.165, 1.54) is 6.07 Å². The number of fused-ring (bicyclic) bond motifs is 1. The molecule has 0 aliphatic heterocycles. The van der Waals surface area contributed by atoms with Crippen LogP contribution >= 0.6 is 0 Å². The molecule has 3 heteroatoms. The lowest BCUT2D eigenvalue weighted by Crippen LogP contribution is -2.01. The normalized spacial score (nSPS) is 12.6. The fourth-order valence-corrected chi connectivity index (χ4v) is 2.24. The molecule has 1 N–H and O–H groups in total. The fraction of sp³-hybridized carbons (Fsp3) is 0.118. The van der Waals surface area contributed by atoms with Gasteiger partial charge in [-0.2, -0.15) is 0 Å². The van der Waals surface area contributed by atoms with Crippen molar-refractivity contribution in [3.05, 3.63) is 77.2 Å². The van der Waals surface area contributed by atoms with Crippen molar-refractivity contribution in [3.8, 4) is 0 Å². The summed E-state index contributed by atoms with van der Waals surface area (Å²) in [7, 11) is 0. The minimum atomic E-state index is -0.838. The SMILES string of the molecule is Cc1ccc(C(O)c2ccc3ncccc3c2)cc1F.